The first-order valence-electron chi connectivity index (χ1n) is 5.83. The second-order valence-electron chi connectivity index (χ2n) is 4.26. The molecule has 0 saturated carbocycles. The average molecular weight is 224 g/mol. The third-order valence-corrected chi connectivity index (χ3v) is 4.30. The topological polar surface area (TPSA) is 29.3 Å². The van der Waals surface area contributed by atoms with E-state index in [1.54, 1.807) is 10.4 Å². The van der Waals surface area contributed by atoms with Gasteiger partial charge in [-0.3, -0.25) is 4.90 Å². The minimum Gasteiger partial charge on any atom is -0.330 e. The third kappa shape index (κ3) is 2.41. The van der Waals surface area contributed by atoms with Crippen LogP contribution in [0.4, 0.5) is 0 Å². The zero-order valence-electron chi connectivity index (χ0n) is 9.41. The monoisotopic (exact) mass is 224 g/mol. The van der Waals surface area contributed by atoms with Crippen LogP contribution in [0.5, 0.6) is 0 Å². The van der Waals surface area contributed by atoms with Gasteiger partial charge < -0.3 is 5.73 Å². The molecule has 0 radical (unpaired) electrons. The summed E-state index contributed by atoms with van der Waals surface area (Å²) in [4.78, 5) is 4.18. The molecule has 0 saturated heterocycles. The molecule has 1 aromatic rings. The van der Waals surface area contributed by atoms with Crippen molar-refractivity contribution < 1.29 is 0 Å². The molecule has 84 valence electrons. The second kappa shape index (κ2) is 5.10. The van der Waals surface area contributed by atoms with Gasteiger partial charge in [0.25, 0.3) is 0 Å². The zero-order valence-corrected chi connectivity index (χ0v) is 10.2. The van der Waals surface area contributed by atoms with Gasteiger partial charge in [0.2, 0.25) is 0 Å². The Hall–Kier alpha value is -0.380. The van der Waals surface area contributed by atoms with Crippen molar-refractivity contribution in [1.29, 1.82) is 0 Å². The van der Waals surface area contributed by atoms with Gasteiger partial charge in [0.15, 0.2) is 0 Å². The summed E-state index contributed by atoms with van der Waals surface area (Å²) in [5, 5.41) is 2.23. The van der Waals surface area contributed by atoms with Gasteiger partial charge in [0.1, 0.15) is 0 Å². The number of fused-ring (bicyclic) bond motifs is 1. The molecule has 2 heterocycles. The van der Waals surface area contributed by atoms with Crippen LogP contribution in [-0.4, -0.2) is 24.5 Å². The number of nitrogens with two attached hydrogens (primary N) is 1. The van der Waals surface area contributed by atoms with Gasteiger partial charge in [-0.05, 0) is 56.3 Å². The Balaban J connectivity index is 1.94. The zero-order chi connectivity index (χ0) is 10.7. The minimum absolute atomic E-state index is 0.609. The molecule has 1 atom stereocenters. The van der Waals surface area contributed by atoms with Crippen molar-refractivity contribution >= 4 is 11.3 Å². The highest BCUT2D eigenvalue weighted by Crippen LogP contribution is 2.32. The number of unbranched alkanes of at least 4 members (excludes halogenated alkanes) is 1. The van der Waals surface area contributed by atoms with Gasteiger partial charge in [-0.15, -0.1) is 11.3 Å². The van der Waals surface area contributed by atoms with E-state index in [9.17, 15) is 0 Å². The summed E-state index contributed by atoms with van der Waals surface area (Å²) in [6.45, 7) is 5.58. The van der Waals surface area contributed by atoms with Gasteiger partial charge >= 0.3 is 0 Å². The van der Waals surface area contributed by atoms with Crippen LogP contribution in [0.15, 0.2) is 11.4 Å². The maximum Gasteiger partial charge on any atom is 0.0331 e. The number of rotatable bonds is 4. The van der Waals surface area contributed by atoms with E-state index in [2.05, 4.69) is 23.3 Å². The molecule has 0 amide bonds. The maximum absolute atomic E-state index is 5.52. The van der Waals surface area contributed by atoms with Gasteiger partial charge in [-0.25, -0.2) is 0 Å². The minimum atomic E-state index is 0.609. The van der Waals surface area contributed by atoms with E-state index < -0.39 is 0 Å². The van der Waals surface area contributed by atoms with E-state index in [1.165, 1.54) is 25.9 Å². The van der Waals surface area contributed by atoms with Gasteiger partial charge in [0, 0.05) is 17.5 Å². The van der Waals surface area contributed by atoms with Crippen LogP contribution in [0.25, 0.3) is 0 Å². The van der Waals surface area contributed by atoms with Crippen LogP contribution in [0.3, 0.4) is 0 Å². The van der Waals surface area contributed by atoms with Crippen LogP contribution >= 0.6 is 11.3 Å². The number of nitrogens with zero attached hydrogens (tertiary/aromatic N) is 1. The highest BCUT2D eigenvalue weighted by atomic mass is 32.1. The summed E-state index contributed by atoms with van der Waals surface area (Å²) in [5.74, 6) is 0. The Morgan fingerprint density at radius 3 is 3.20 bits per heavy atom. The predicted molar refractivity (Wildman–Crippen MR) is 66.3 cm³/mol. The molecule has 2 N–H and O–H groups in total. The summed E-state index contributed by atoms with van der Waals surface area (Å²) in [6.07, 6.45) is 3.62. The van der Waals surface area contributed by atoms with Gasteiger partial charge in [0.05, 0.1) is 0 Å². The summed E-state index contributed by atoms with van der Waals surface area (Å²) in [6, 6.07) is 2.90. The predicted octanol–water partition coefficient (Wildman–Crippen LogP) is 2.41. The second-order valence-corrected chi connectivity index (χ2v) is 5.26. The van der Waals surface area contributed by atoms with Crippen LogP contribution in [-0.2, 0) is 6.42 Å². The molecule has 3 heteroatoms. The van der Waals surface area contributed by atoms with Gasteiger partial charge in [-0.1, -0.05) is 0 Å². The van der Waals surface area contributed by atoms with E-state index in [1.807, 2.05) is 11.3 Å². The lowest BCUT2D eigenvalue weighted by atomic mass is 10.0. The molecule has 0 aromatic carbocycles. The largest absolute Gasteiger partial charge is 0.330 e. The summed E-state index contributed by atoms with van der Waals surface area (Å²) in [7, 11) is 0. The van der Waals surface area contributed by atoms with Crippen molar-refractivity contribution in [3.05, 3.63) is 21.9 Å². The molecular weight excluding hydrogens is 204 g/mol. The van der Waals surface area contributed by atoms with Crippen molar-refractivity contribution in [2.45, 2.75) is 32.2 Å². The maximum atomic E-state index is 5.52. The lowest BCUT2D eigenvalue weighted by Gasteiger charge is -2.33. The average Bonchev–Trinajstić information content (AvgIpc) is 2.70. The molecule has 1 unspecified atom stereocenters. The van der Waals surface area contributed by atoms with Gasteiger partial charge in [-0.2, -0.15) is 0 Å². The van der Waals surface area contributed by atoms with E-state index in [-0.39, 0.29) is 0 Å². The molecule has 1 aliphatic heterocycles. The molecular formula is C12H20N2S. The fraction of sp³-hybridized carbons (Fsp3) is 0.667. The van der Waals surface area contributed by atoms with Crippen LogP contribution < -0.4 is 5.73 Å². The summed E-state index contributed by atoms with van der Waals surface area (Å²) in [5.41, 5.74) is 7.08. The number of hydrogen-bond donors (Lipinski definition) is 1. The highest BCUT2D eigenvalue weighted by molar-refractivity contribution is 7.10. The molecule has 1 aromatic heterocycles. The molecule has 0 fully saturated rings. The lowest BCUT2D eigenvalue weighted by molar-refractivity contribution is 0.197. The number of thiophene rings is 1. The first-order chi connectivity index (χ1) is 7.33. The Morgan fingerprint density at radius 2 is 2.40 bits per heavy atom. The van der Waals surface area contributed by atoms with E-state index >= 15 is 0 Å². The number of hydrogen-bond acceptors (Lipinski definition) is 3. The normalized spacial score (nSPS) is 21.6. The molecule has 15 heavy (non-hydrogen) atoms. The first-order valence-corrected chi connectivity index (χ1v) is 6.71. The van der Waals surface area contributed by atoms with Crippen molar-refractivity contribution in [3.63, 3.8) is 0 Å². The quantitative estimate of drug-likeness (QED) is 0.796. The lowest BCUT2D eigenvalue weighted by Crippen LogP contribution is -2.34. The Kier molecular flexibility index (Phi) is 3.78. The summed E-state index contributed by atoms with van der Waals surface area (Å²) < 4.78 is 0. The van der Waals surface area contributed by atoms with Crippen molar-refractivity contribution in [2.75, 3.05) is 19.6 Å². The first kappa shape index (κ1) is 11.1. The fourth-order valence-electron chi connectivity index (χ4n) is 2.33. The van der Waals surface area contributed by atoms with Crippen LogP contribution in [0.2, 0.25) is 0 Å². The molecule has 0 spiro atoms. The highest BCUT2D eigenvalue weighted by Gasteiger charge is 2.23. The SMILES string of the molecule is CC1c2ccsc2CCN1CCCCN. The van der Waals surface area contributed by atoms with E-state index in [0.29, 0.717) is 6.04 Å². The smallest absolute Gasteiger partial charge is 0.0331 e. The van der Waals surface area contributed by atoms with Crippen molar-refractivity contribution in [1.82, 2.24) is 4.90 Å². The Labute approximate surface area is 96.1 Å². The Morgan fingerprint density at radius 1 is 1.53 bits per heavy atom. The standard InChI is InChI=1S/C12H20N2S/c1-10-11-5-9-15-12(11)4-8-14(10)7-3-2-6-13/h5,9-10H,2-4,6-8,13H2,1H3. The molecule has 2 rings (SSSR count). The Bertz CT molecular complexity index is 308. The van der Waals surface area contributed by atoms with Crippen LogP contribution in [0, 0.1) is 0 Å². The van der Waals surface area contributed by atoms with E-state index in [4.69, 9.17) is 5.73 Å². The third-order valence-electron chi connectivity index (χ3n) is 3.30. The molecule has 0 aliphatic carbocycles. The fourth-order valence-corrected chi connectivity index (χ4v) is 3.29. The molecule has 0 bridgehead atoms. The summed E-state index contributed by atoms with van der Waals surface area (Å²) >= 11 is 1.91. The van der Waals surface area contributed by atoms with Crippen molar-refractivity contribution in [2.24, 2.45) is 5.73 Å². The molecule has 2 nitrogen and oxygen atoms in total. The van der Waals surface area contributed by atoms with Crippen LogP contribution in [0.1, 0.15) is 36.2 Å². The van der Waals surface area contributed by atoms with E-state index in [0.717, 1.165) is 13.0 Å². The molecule has 1 aliphatic rings. The van der Waals surface area contributed by atoms with Crippen molar-refractivity contribution in [3.8, 4) is 0 Å².